The highest BCUT2D eigenvalue weighted by molar-refractivity contribution is 6.05. The van der Waals surface area contributed by atoms with Gasteiger partial charge in [0.1, 0.15) is 5.70 Å². The summed E-state index contributed by atoms with van der Waals surface area (Å²) in [5.41, 5.74) is 6.17. The Labute approximate surface area is 171 Å². The molecule has 2 aromatic carbocycles. The van der Waals surface area contributed by atoms with Gasteiger partial charge < -0.3 is 5.32 Å². The first-order valence-electron chi connectivity index (χ1n) is 8.82. The summed E-state index contributed by atoms with van der Waals surface area (Å²) in [5.74, 6) is -1.11. The van der Waals surface area contributed by atoms with Crippen molar-refractivity contribution in [3.63, 3.8) is 0 Å². The van der Waals surface area contributed by atoms with Crippen LogP contribution in [-0.4, -0.2) is 21.7 Å². The molecule has 0 saturated heterocycles. The molecule has 9 heteroatoms. The van der Waals surface area contributed by atoms with Crippen LogP contribution in [-0.2, 0) is 4.79 Å². The molecule has 0 fully saturated rings. The van der Waals surface area contributed by atoms with Crippen LogP contribution in [0.1, 0.15) is 15.9 Å². The standard InChI is InChI=1S/C21H17N5O4/c27-20(16-7-2-1-3-8-16)23-19(12-15-6-5-11-22-14-15)21(28)25-24-17-9-4-10-18(13-17)26(29)30/h1-14,24H,(H,23,27)(H,25,28). The van der Waals surface area contributed by atoms with E-state index in [1.807, 2.05) is 0 Å². The van der Waals surface area contributed by atoms with E-state index in [0.717, 1.165) is 0 Å². The fraction of sp³-hybridized carbons (Fsp3) is 0. The molecule has 1 aromatic heterocycles. The summed E-state index contributed by atoms with van der Waals surface area (Å²) in [6, 6.07) is 17.5. The first-order chi connectivity index (χ1) is 14.5. The number of aromatic nitrogens is 1. The fourth-order valence-electron chi connectivity index (χ4n) is 2.46. The number of hydrogen-bond donors (Lipinski definition) is 3. The van der Waals surface area contributed by atoms with Crippen LogP contribution in [0.5, 0.6) is 0 Å². The zero-order valence-electron chi connectivity index (χ0n) is 15.6. The quantitative estimate of drug-likeness (QED) is 0.316. The highest BCUT2D eigenvalue weighted by Crippen LogP contribution is 2.16. The van der Waals surface area contributed by atoms with Crippen LogP contribution < -0.4 is 16.2 Å². The van der Waals surface area contributed by atoms with Crippen LogP contribution in [0.3, 0.4) is 0 Å². The lowest BCUT2D eigenvalue weighted by molar-refractivity contribution is -0.384. The van der Waals surface area contributed by atoms with Gasteiger partial charge in [0.25, 0.3) is 17.5 Å². The van der Waals surface area contributed by atoms with Crippen molar-refractivity contribution < 1.29 is 14.5 Å². The number of nitro groups is 1. The predicted molar refractivity (Wildman–Crippen MR) is 111 cm³/mol. The number of hydrogen-bond acceptors (Lipinski definition) is 6. The maximum atomic E-state index is 12.7. The maximum absolute atomic E-state index is 12.7. The van der Waals surface area contributed by atoms with Crippen LogP contribution in [0.15, 0.2) is 84.8 Å². The Morgan fingerprint density at radius 3 is 2.50 bits per heavy atom. The number of rotatable bonds is 7. The topological polar surface area (TPSA) is 126 Å². The molecule has 0 aliphatic rings. The minimum Gasteiger partial charge on any atom is -0.317 e. The molecule has 0 atom stereocenters. The second kappa shape index (κ2) is 9.60. The van der Waals surface area contributed by atoms with Gasteiger partial charge in [-0.3, -0.25) is 35.5 Å². The second-order valence-electron chi connectivity index (χ2n) is 6.05. The van der Waals surface area contributed by atoms with E-state index in [1.165, 1.54) is 30.5 Å². The molecule has 0 aliphatic carbocycles. The Balaban J connectivity index is 1.78. The van der Waals surface area contributed by atoms with Crippen molar-refractivity contribution in [2.75, 3.05) is 5.43 Å². The molecule has 0 unspecified atom stereocenters. The third-order valence-electron chi connectivity index (χ3n) is 3.90. The highest BCUT2D eigenvalue weighted by Gasteiger charge is 2.15. The maximum Gasteiger partial charge on any atom is 0.286 e. The Bertz CT molecular complexity index is 1080. The lowest BCUT2D eigenvalue weighted by atomic mass is 10.2. The lowest BCUT2D eigenvalue weighted by Gasteiger charge is -2.12. The van der Waals surface area contributed by atoms with Crippen LogP contribution in [0.4, 0.5) is 11.4 Å². The summed E-state index contributed by atoms with van der Waals surface area (Å²) in [6.07, 6.45) is 4.59. The molecule has 9 nitrogen and oxygen atoms in total. The predicted octanol–water partition coefficient (Wildman–Crippen LogP) is 2.90. The molecule has 0 bridgehead atoms. The number of hydrazine groups is 1. The molecule has 0 aliphatic heterocycles. The zero-order chi connectivity index (χ0) is 21.3. The number of anilines is 1. The van der Waals surface area contributed by atoms with Gasteiger partial charge in [-0.1, -0.05) is 30.3 Å². The summed E-state index contributed by atoms with van der Waals surface area (Å²) < 4.78 is 0. The van der Waals surface area contributed by atoms with Crippen LogP contribution in [0, 0.1) is 10.1 Å². The van der Waals surface area contributed by atoms with Crippen molar-refractivity contribution >= 4 is 29.3 Å². The van der Waals surface area contributed by atoms with E-state index < -0.39 is 16.7 Å². The summed E-state index contributed by atoms with van der Waals surface area (Å²) in [6.45, 7) is 0. The number of carbonyl (C=O) groups excluding carboxylic acids is 2. The fourth-order valence-corrected chi connectivity index (χ4v) is 2.46. The molecule has 3 aromatic rings. The Hall–Kier alpha value is -4.53. The minimum atomic E-state index is -0.644. The number of non-ortho nitro benzene ring substituents is 1. The van der Waals surface area contributed by atoms with Gasteiger partial charge in [0, 0.05) is 30.1 Å². The smallest absolute Gasteiger partial charge is 0.286 e. The molecular weight excluding hydrogens is 386 g/mol. The Morgan fingerprint density at radius 1 is 1.00 bits per heavy atom. The van der Waals surface area contributed by atoms with Crippen molar-refractivity contribution in [3.05, 3.63) is 106 Å². The van der Waals surface area contributed by atoms with E-state index in [2.05, 4.69) is 21.2 Å². The molecule has 3 rings (SSSR count). The van der Waals surface area contributed by atoms with Gasteiger partial charge in [-0.15, -0.1) is 0 Å². The Kier molecular flexibility index (Phi) is 6.47. The third kappa shape index (κ3) is 5.49. The minimum absolute atomic E-state index is 0.0326. The zero-order valence-corrected chi connectivity index (χ0v) is 15.6. The average Bonchev–Trinajstić information content (AvgIpc) is 2.78. The van der Waals surface area contributed by atoms with E-state index in [9.17, 15) is 19.7 Å². The molecule has 150 valence electrons. The highest BCUT2D eigenvalue weighted by atomic mass is 16.6. The van der Waals surface area contributed by atoms with Gasteiger partial charge >= 0.3 is 0 Å². The van der Waals surface area contributed by atoms with Crippen molar-refractivity contribution in [3.8, 4) is 0 Å². The largest absolute Gasteiger partial charge is 0.317 e. The molecule has 1 heterocycles. The van der Waals surface area contributed by atoms with Crippen molar-refractivity contribution in [2.24, 2.45) is 0 Å². The van der Waals surface area contributed by atoms with E-state index in [-0.39, 0.29) is 11.4 Å². The van der Waals surface area contributed by atoms with E-state index in [1.54, 1.807) is 54.7 Å². The molecule has 0 radical (unpaired) electrons. The molecular formula is C21H17N5O4. The number of nitrogens with one attached hydrogen (secondary N) is 3. The second-order valence-corrected chi connectivity index (χ2v) is 6.05. The summed E-state index contributed by atoms with van der Waals surface area (Å²) in [7, 11) is 0. The number of amides is 2. The molecule has 3 N–H and O–H groups in total. The molecule has 30 heavy (non-hydrogen) atoms. The van der Waals surface area contributed by atoms with Crippen molar-refractivity contribution in [2.45, 2.75) is 0 Å². The summed E-state index contributed by atoms with van der Waals surface area (Å²) in [5, 5.41) is 13.5. The lowest BCUT2D eigenvalue weighted by Crippen LogP contribution is -2.37. The summed E-state index contributed by atoms with van der Waals surface area (Å²) >= 11 is 0. The van der Waals surface area contributed by atoms with Crippen molar-refractivity contribution in [1.29, 1.82) is 0 Å². The average molecular weight is 403 g/mol. The van der Waals surface area contributed by atoms with Gasteiger partial charge in [-0.2, -0.15) is 0 Å². The first kappa shape index (κ1) is 20.2. The van der Waals surface area contributed by atoms with E-state index >= 15 is 0 Å². The van der Waals surface area contributed by atoms with Gasteiger partial charge in [-0.05, 0) is 35.9 Å². The monoisotopic (exact) mass is 403 g/mol. The third-order valence-corrected chi connectivity index (χ3v) is 3.90. The number of nitrogens with zero attached hydrogens (tertiary/aromatic N) is 2. The number of pyridine rings is 1. The summed E-state index contributed by atoms with van der Waals surface area (Å²) in [4.78, 5) is 39.5. The van der Waals surface area contributed by atoms with Crippen LogP contribution in [0.2, 0.25) is 0 Å². The number of benzene rings is 2. The first-order valence-corrected chi connectivity index (χ1v) is 8.82. The molecule has 2 amide bonds. The normalized spacial score (nSPS) is 10.7. The van der Waals surface area contributed by atoms with Gasteiger partial charge in [0.15, 0.2) is 0 Å². The van der Waals surface area contributed by atoms with E-state index in [0.29, 0.717) is 16.8 Å². The Morgan fingerprint density at radius 2 is 1.80 bits per heavy atom. The number of carbonyl (C=O) groups is 2. The van der Waals surface area contributed by atoms with Crippen LogP contribution in [0.25, 0.3) is 6.08 Å². The van der Waals surface area contributed by atoms with Crippen LogP contribution >= 0.6 is 0 Å². The van der Waals surface area contributed by atoms with Gasteiger partial charge in [0.2, 0.25) is 0 Å². The molecule has 0 saturated carbocycles. The van der Waals surface area contributed by atoms with Gasteiger partial charge in [-0.25, -0.2) is 0 Å². The van der Waals surface area contributed by atoms with Crippen molar-refractivity contribution in [1.82, 2.24) is 15.7 Å². The SMILES string of the molecule is O=C(NNc1cccc([N+](=O)[O-])c1)C(=Cc1cccnc1)NC(=O)c1ccccc1. The molecule has 0 spiro atoms. The van der Waals surface area contributed by atoms with Gasteiger partial charge in [0.05, 0.1) is 10.6 Å². The van der Waals surface area contributed by atoms with E-state index in [4.69, 9.17) is 0 Å². The number of nitro benzene ring substituents is 1.